The molecular weight excluding hydrogens is 176 g/mol. The summed E-state index contributed by atoms with van der Waals surface area (Å²) in [5.41, 5.74) is 1.46. The number of imidazole rings is 1. The second-order valence-electron chi connectivity index (χ2n) is 2.62. The Labute approximate surface area is 74.0 Å². The van der Waals surface area contributed by atoms with Crippen LogP contribution in [0.2, 0.25) is 5.02 Å². The number of rotatable bonds is 0. The normalized spacial score (nSPS) is 10.8. The highest BCUT2D eigenvalue weighted by Gasteiger charge is 2.07. The molecule has 0 saturated carbocycles. The number of aromatic nitrogens is 2. The Morgan fingerprint density at radius 3 is 3.00 bits per heavy atom. The van der Waals surface area contributed by atoms with Crippen LogP contribution in [-0.4, -0.2) is 15.1 Å². The fourth-order valence-electron chi connectivity index (χ4n) is 1.15. The van der Waals surface area contributed by atoms with Gasteiger partial charge >= 0.3 is 0 Å². The Bertz CT molecular complexity index is 436. The number of phenols is 1. The van der Waals surface area contributed by atoms with Crippen LogP contribution in [0.5, 0.6) is 5.75 Å². The minimum Gasteiger partial charge on any atom is -0.506 e. The molecule has 62 valence electrons. The molecule has 1 heterocycles. The van der Waals surface area contributed by atoms with Crippen LogP contribution in [-0.2, 0) is 0 Å². The molecule has 1 aromatic heterocycles. The number of benzene rings is 1. The van der Waals surface area contributed by atoms with E-state index in [4.69, 9.17) is 11.6 Å². The molecule has 0 bridgehead atoms. The first kappa shape index (κ1) is 7.43. The summed E-state index contributed by atoms with van der Waals surface area (Å²) < 4.78 is 0. The predicted octanol–water partition coefficient (Wildman–Crippen LogP) is 2.23. The molecular formula is C8H7ClN2O. The fourth-order valence-corrected chi connectivity index (χ4v) is 1.36. The number of aryl methyl sites for hydroxylation is 1. The molecule has 0 unspecified atom stereocenters. The van der Waals surface area contributed by atoms with Gasteiger partial charge in [0, 0.05) is 0 Å². The van der Waals surface area contributed by atoms with Crippen LogP contribution in [0.3, 0.4) is 0 Å². The van der Waals surface area contributed by atoms with Gasteiger partial charge in [-0.1, -0.05) is 11.6 Å². The van der Waals surface area contributed by atoms with Crippen LogP contribution in [0.1, 0.15) is 5.82 Å². The van der Waals surface area contributed by atoms with Gasteiger partial charge in [0.05, 0.1) is 5.52 Å². The molecule has 0 aliphatic rings. The SMILES string of the molecule is Cc1nc2c(Cl)c(O)ccc2[nH]1. The predicted molar refractivity (Wildman–Crippen MR) is 47.5 cm³/mol. The second kappa shape index (κ2) is 2.38. The largest absolute Gasteiger partial charge is 0.506 e. The van der Waals surface area contributed by atoms with Crippen LogP contribution < -0.4 is 0 Å². The molecule has 0 amide bonds. The van der Waals surface area contributed by atoms with Crippen LogP contribution in [0.4, 0.5) is 0 Å². The standard InChI is InChI=1S/C8H7ClN2O/c1-4-10-5-2-3-6(12)7(9)8(5)11-4/h2-3,12H,1H3,(H,10,11). The number of hydrogen-bond acceptors (Lipinski definition) is 2. The van der Waals surface area contributed by atoms with Crippen molar-refractivity contribution in [2.75, 3.05) is 0 Å². The van der Waals surface area contributed by atoms with Gasteiger partial charge in [0.2, 0.25) is 0 Å². The van der Waals surface area contributed by atoms with E-state index in [0.29, 0.717) is 10.5 Å². The van der Waals surface area contributed by atoms with Crippen molar-refractivity contribution in [3.63, 3.8) is 0 Å². The first-order valence-electron chi connectivity index (χ1n) is 3.52. The third-order valence-corrected chi connectivity index (χ3v) is 2.06. The minimum atomic E-state index is 0.0654. The zero-order valence-corrected chi connectivity index (χ0v) is 7.18. The van der Waals surface area contributed by atoms with Crippen LogP contribution >= 0.6 is 11.6 Å². The Morgan fingerprint density at radius 1 is 1.50 bits per heavy atom. The summed E-state index contributed by atoms with van der Waals surface area (Å²) in [6, 6.07) is 3.29. The lowest BCUT2D eigenvalue weighted by Gasteiger charge is -1.94. The second-order valence-corrected chi connectivity index (χ2v) is 3.00. The highest BCUT2D eigenvalue weighted by Crippen LogP contribution is 2.29. The Morgan fingerprint density at radius 2 is 2.25 bits per heavy atom. The van der Waals surface area contributed by atoms with Gasteiger partial charge in [0.25, 0.3) is 0 Å². The summed E-state index contributed by atoms with van der Waals surface area (Å²) in [4.78, 5) is 7.15. The van der Waals surface area contributed by atoms with Crippen molar-refractivity contribution in [1.29, 1.82) is 0 Å². The summed E-state index contributed by atoms with van der Waals surface area (Å²) in [6.45, 7) is 1.84. The van der Waals surface area contributed by atoms with Crippen molar-refractivity contribution in [3.8, 4) is 5.75 Å². The molecule has 0 fully saturated rings. The molecule has 2 N–H and O–H groups in total. The Balaban J connectivity index is 2.89. The molecule has 0 aliphatic carbocycles. The van der Waals surface area contributed by atoms with Gasteiger partial charge in [0.15, 0.2) is 0 Å². The van der Waals surface area contributed by atoms with Crippen molar-refractivity contribution in [2.45, 2.75) is 6.92 Å². The van der Waals surface area contributed by atoms with E-state index in [1.807, 2.05) is 6.92 Å². The van der Waals surface area contributed by atoms with Crippen molar-refractivity contribution >= 4 is 22.6 Å². The zero-order chi connectivity index (χ0) is 8.72. The van der Waals surface area contributed by atoms with Gasteiger partial charge in [-0.2, -0.15) is 0 Å². The molecule has 3 nitrogen and oxygen atoms in total. The highest BCUT2D eigenvalue weighted by atomic mass is 35.5. The van der Waals surface area contributed by atoms with E-state index in [1.165, 1.54) is 0 Å². The summed E-state index contributed by atoms with van der Waals surface area (Å²) in [5, 5.41) is 9.54. The maximum atomic E-state index is 9.24. The summed E-state index contributed by atoms with van der Waals surface area (Å²) >= 11 is 5.81. The summed E-state index contributed by atoms with van der Waals surface area (Å²) in [6.07, 6.45) is 0. The first-order valence-corrected chi connectivity index (χ1v) is 3.90. The van der Waals surface area contributed by atoms with Crippen LogP contribution in [0.15, 0.2) is 12.1 Å². The highest BCUT2D eigenvalue weighted by molar-refractivity contribution is 6.36. The van der Waals surface area contributed by atoms with E-state index < -0.39 is 0 Å². The van der Waals surface area contributed by atoms with E-state index in [9.17, 15) is 5.11 Å². The van der Waals surface area contributed by atoms with Gasteiger partial charge < -0.3 is 10.1 Å². The number of fused-ring (bicyclic) bond motifs is 1. The average Bonchev–Trinajstić information content (AvgIpc) is 2.39. The Hall–Kier alpha value is -1.22. The number of H-pyrrole nitrogens is 1. The number of aromatic hydroxyl groups is 1. The molecule has 0 aliphatic heterocycles. The number of aromatic amines is 1. The van der Waals surface area contributed by atoms with Crippen LogP contribution in [0.25, 0.3) is 11.0 Å². The number of halogens is 1. The Kier molecular flexibility index (Phi) is 1.48. The average molecular weight is 183 g/mol. The number of hydrogen-bond donors (Lipinski definition) is 2. The molecule has 4 heteroatoms. The summed E-state index contributed by atoms with van der Waals surface area (Å²) in [5.74, 6) is 0.855. The van der Waals surface area contributed by atoms with Gasteiger partial charge in [-0.3, -0.25) is 0 Å². The molecule has 12 heavy (non-hydrogen) atoms. The lowest BCUT2D eigenvalue weighted by atomic mass is 10.3. The lowest BCUT2D eigenvalue weighted by Crippen LogP contribution is -1.72. The van der Waals surface area contributed by atoms with Crippen molar-refractivity contribution in [2.24, 2.45) is 0 Å². The van der Waals surface area contributed by atoms with Gasteiger partial charge in [-0.25, -0.2) is 4.98 Å². The maximum absolute atomic E-state index is 9.24. The van der Waals surface area contributed by atoms with E-state index in [1.54, 1.807) is 12.1 Å². The summed E-state index contributed by atoms with van der Waals surface area (Å²) in [7, 11) is 0. The quantitative estimate of drug-likeness (QED) is 0.657. The van der Waals surface area contributed by atoms with Crippen molar-refractivity contribution in [3.05, 3.63) is 23.0 Å². The number of nitrogens with one attached hydrogen (secondary N) is 1. The van der Waals surface area contributed by atoms with Gasteiger partial charge in [-0.05, 0) is 19.1 Å². The molecule has 2 aromatic rings. The minimum absolute atomic E-state index is 0.0654. The lowest BCUT2D eigenvalue weighted by molar-refractivity contribution is 0.476. The van der Waals surface area contributed by atoms with Gasteiger partial charge in [-0.15, -0.1) is 0 Å². The molecule has 1 aromatic carbocycles. The first-order chi connectivity index (χ1) is 5.68. The molecule has 2 rings (SSSR count). The van der Waals surface area contributed by atoms with E-state index in [-0.39, 0.29) is 5.75 Å². The van der Waals surface area contributed by atoms with Gasteiger partial charge in [0.1, 0.15) is 22.1 Å². The topological polar surface area (TPSA) is 48.9 Å². The number of nitrogens with zero attached hydrogens (tertiary/aromatic N) is 1. The van der Waals surface area contributed by atoms with E-state index in [0.717, 1.165) is 11.3 Å². The van der Waals surface area contributed by atoms with E-state index in [2.05, 4.69) is 9.97 Å². The molecule has 0 spiro atoms. The monoisotopic (exact) mass is 182 g/mol. The van der Waals surface area contributed by atoms with E-state index >= 15 is 0 Å². The van der Waals surface area contributed by atoms with Crippen molar-refractivity contribution in [1.82, 2.24) is 9.97 Å². The van der Waals surface area contributed by atoms with Crippen LogP contribution in [0, 0.1) is 6.92 Å². The zero-order valence-electron chi connectivity index (χ0n) is 6.43. The van der Waals surface area contributed by atoms with Crippen molar-refractivity contribution < 1.29 is 5.11 Å². The molecule has 0 radical (unpaired) electrons. The third kappa shape index (κ3) is 0.940. The third-order valence-electron chi connectivity index (χ3n) is 1.69. The molecule has 0 saturated heterocycles. The smallest absolute Gasteiger partial charge is 0.136 e. The number of phenolic OH excluding ortho intramolecular Hbond substituents is 1. The molecule has 0 atom stereocenters. The fraction of sp³-hybridized carbons (Fsp3) is 0.125. The maximum Gasteiger partial charge on any atom is 0.136 e.